The van der Waals surface area contributed by atoms with Crippen LogP contribution in [0, 0.1) is 5.92 Å². The maximum Gasteiger partial charge on any atom is 0.235 e. The number of hydrogen-bond acceptors (Lipinski definition) is 5. The summed E-state index contributed by atoms with van der Waals surface area (Å²) < 4.78 is 5.36. The van der Waals surface area contributed by atoms with E-state index >= 15 is 0 Å². The van der Waals surface area contributed by atoms with Crippen molar-refractivity contribution in [3.05, 3.63) is 30.0 Å². The van der Waals surface area contributed by atoms with Gasteiger partial charge in [-0.05, 0) is 18.6 Å². The number of aromatic nitrogens is 2. The first-order valence-corrected chi connectivity index (χ1v) is 9.01. The van der Waals surface area contributed by atoms with E-state index in [0.29, 0.717) is 43.9 Å². The molecular weight excluding hydrogens is 332 g/mol. The molecule has 1 N–H and O–H groups in total. The van der Waals surface area contributed by atoms with Crippen LogP contribution in [-0.4, -0.2) is 52.9 Å². The number of para-hydroxylation sites is 2. The average molecular weight is 354 g/mol. The third-order valence-corrected chi connectivity index (χ3v) is 5.26. The summed E-state index contributed by atoms with van der Waals surface area (Å²) >= 11 is 0. The van der Waals surface area contributed by atoms with Crippen LogP contribution in [0.5, 0.6) is 5.88 Å². The summed E-state index contributed by atoms with van der Waals surface area (Å²) in [5, 5.41) is 2.99. The van der Waals surface area contributed by atoms with Crippen molar-refractivity contribution >= 4 is 22.8 Å². The standard InChI is InChI=1S/C19H22N4O3/c1-26-19-16(20-14-4-2-3-5-15(14)22-19)6-7-18(25)23-9-8-13-12(11-23)10-17(24)21-13/h2-5,12-13H,6-11H2,1H3,(H,21,24)/t12-,13+/m1/s1. The molecular formula is C19H22N4O3. The second-order valence-corrected chi connectivity index (χ2v) is 6.93. The Morgan fingerprint density at radius 3 is 2.85 bits per heavy atom. The molecule has 2 fully saturated rings. The molecule has 2 aromatic rings. The first-order chi connectivity index (χ1) is 12.6. The Morgan fingerprint density at radius 2 is 2.08 bits per heavy atom. The smallest absolute Gasteiger partial charge is 0.235 e. The van der Waals surface area contributed by atoms with Gasteiger partial charge in [0.05, 0.1) is 18.1 Å². The number of likely N-dealkylation sites (tertiary alicyclic amines) is 1. The quantitative estimate of drug-likeness (QED) is 0.895. The molecule has 2 amide bonds. The highest BCUT2D eigenvalue weighted by Gasteiger charge is 2.37. The molecule has 4 rings (SSSR count). The molecule has 0 saturated carbocycles. The van der Waals surface area contributed by atoms with Crippen molar-refractivity contribution in [2.75, 3.05) is 20.2 Å². The van der Waals surface area contributed by atoms with Crippen LogP contribution >= 0.6 is 0 Å². The number of amides is 2. The number of fused-ring (bicyclic) bond motifs is 2. The summed E-state index contributed by atoms with van der Waals surface area (Å²) in [6, 6.07) is 7.85. The van der Waals surface area contributed by atoms with E-state index in [-0.39, 0.29) is 23.8 Å². The van der Waals surface area contributed by atoms with Crippen molar-refractivity contribution in [2.24, 2.45) is 5.92 Å². The van der Waals surface area contributed by atoms with Gasteiger partial charge in [-0.2, -0.15) is 0 Å². The minimum Gasteiger partial charge on any atom is -0.480 e. The van der Waals surface area contributed by atoms with Gasteiger partial charge in [0, 0.05) is 44.3 Å². The van der Waals surface area contributed by atoms with Gasteiger partial charge in [0.2, 0.25) is 17.7 Å². The highest BCUT2D eigenvalue weighted by atomic mass is 16.5. The van der Waals surface area contributed by atoms with Crippen molar-refractivity contribution in [3.63, 3.8) is 0 Å². The molecule has 3 heterocycles. The minimum absolute atomic E-state index is 0.0970. The van der Waals surface area contributed by atoms with E-state index in [1.807, 2.05) is 29.2 Å². The molecule has 0 aliphatic carbocycles. The first-order valence-electron chi connectivity index (χ1n) is 9.01. The number of methoxy groups -OCH3 is 1. The molecule has 0 spiro atoms. The van der Waals surface area contributed by atoms with Gasteiger partial charge in [-0.3, -0.25) is 9.59 Å². The van der Waals surface area contributed by atoms with E-state index in [2.05, 4.69) is 15.3 Å². The molecule has 0 unspecified atom stereocenters. The number of rotatable bonds is 4. The Morgan fingerprint density at radius 1 is 1.31 bits per heavy atom. The van der Waals surface area contributed by atoms with E-state index in [0.717, 1.165) is 17.5 Å². The Kier molecular flexibility index (Phi) is 4.44. The van der Waals surface area contributed by atoms with Crippen molar-refractivity contribution in [1.82, 2.24) is 20.2 Å². The SMILES string of the molecule is COc1nc2ccccc2nc1CCC(=O)N1CC[C@@H]2NC(=O)C[C@@H]2C1. The molecule has 0 radical (unpaired) electrons. The second-order valence-electron chi connectivity index (χ2n) is 6.93. The predicted octanol–water partition coefficient (Wildman–Crippen LogP) is 1.31. The zero-order valence-corrected chi connectivity index (χ0v) is 14.8. The molecule has 0 bridgehead atoms. The monoisotopic (exact) mass is 354 g/mol. The number of hydrogen-bond donors (Lipinski definition) is 1. The predicted molar refractivity (Wildman–Crippen MR) is 95.6 cm³/mol. The van der Waals surface area contributed by atoms with Gasteiger partial charge >= 0.3 is 0 Å². The molecule has 26 heavy (non-hydrogen) atoms. The maximum atomic E-state index is 12.6. The van der Waals surface area contributed by atoms with Gasteiger partial charge in [-0.25, -0.2) is 9.97 Å². The summed E-state index contributed by atoms with van der Waals surface area (Å²) in [4.78, 5) is 35.1. The van der Waals surface area contributed by atoms with Gasteiger partial charge in [-0.1, -0.05) is 12.1 Å². The topological polar surface area (TPSA) is 84.4 Å². The number of carbonyl (C=O) groups excluding carboxylic acids is 2. The third-order valence-electron chi connectivity index (χ3n) is 5.26. The summed E-state index contributed by atoms with van der Waals surface area (Å²) in [6.07, 6.45) is 2.21. The molecule has 1 aromatic carbocycles. The molecule has 2 aliphatic rings. The van der Waals surface area contributed by atoms with E-state index < -0.39 is 0 Å². The van der Waals surface area contributed by atoms with Crippen molar-refractivity contribution in [2.45, 2.75) is 31.7 Å². The summed E-state index contributed by atoms with van der Waals surface area (Å²) in [6.45, 7) is 1.35. The average Bonchev–Trinajstić information content (AvgIpc) is 3.04. The van der Waals surface area contributed by atoms with Gasteiger partial charge in [0.1, 0.15) is 5.69 Å². The van der Waals surface area contributed by atoms with Gasteiger partial charge in [0.15, 0.2) is 0 Å². The lowest BCUT2D eigenvalue weighted by atomic mass is 9.93. The van der Waals surface area contributed by atoms with E-state index in [1.165, 1.54) is 0 Å². The number of benzene rings is 1. The normalized spacial score (nSPS) is 22.2. The number of ether oxygens (including phenoxy) is 1. The van der Waals surface area contributed by atoms with Gasteiger partial charge in [-0.15, -0.1) is 0 Å². The van der Waals surface area contributed by atoms with E-state index in [9.17, 15) is 9.59 Å². The summed E-state index contributed by atoms with van der Waals surface area (Å²) in [5.41, 5.74) is 2.28. The Labute approximate surface area is 151 Å². The lowest BCUT2D eigenvalue weighted by Crippen LogP contribution is -2.47. The van der Waals surface area contributed by atoms with Crippen LogP contribution in [0.2, 0.25) is 0 Å². The van der Waals surface area contributed by atoms with E-state index in [1.54, 1.807) is 7.11 Å². The van der Waals surface area contributed by atoms with Crippen LogP contribution in [0.15, 0.2) is 24.3 Å². The lowest BCUT2D eigenvalue weighted by Gasteiger charge is -2.34. The van der Waals surface area contributed by atoms with Crippen molar-refractivity contribution in [1.29, 1.82) is 0 Å². The van der Waals surface area contributed by atoms with Gasteiger partial charge in [0.25, 0.3) is 0 Å². The lowest BCUT2D eigenvalue weighted by molar-refractivity contribution is -0.133. The fourth-order valence-corrected chi connectivity index (χ4v) is 3.89. The molecule has 2 saturated heterocycles. The zero-order valence-electron chi connectivity index (χ0n) is 14.8. The van der Waals surface area contributed by atoms with E-state index in [4.69, 9.17) is 4.74 Å². The fraction of sp³-hybridized carbons (Fsp3) is 0.474. The molecule has 2 atom stereocenters. The largest absolute Gasteiger partial charge is 0.480 e. The summed E-state index contributed by atoms with van der Waals surface area (Å²) in [7, 11) is 1.57. The zero-order chi connectivity index (χ0) is 18.1. The number of piperidine rings is 1. The molecule has 2 aliphatic heterocycles. The second kappa shape index (κ2) is 6.90. The first kappa shape index (κ1) is 16.8. The minimum atomic E-state index is 0.0970. The third kappa shape index (κ3) is 3.21. The van der Waals surface area contributed by atoms with Gasteiger partial charge < -0.3 is 15.0 Å². The van der Waals surface area contributed by atoms with Crippen LogP contribution < -0.4 is 10.1 Å². The Hall–Kier alpha value is -2.70. The number of carbonyl (C=O) groups is 2. The van der Waals surface area contributed by atoms with Crippen molar-refractivity contribution < 1.29 is 14.3 Å². The molecule has 7 heteroatoms. The molecule has 1 aromatic heterocycles. The van der Waals surface area contributed by atoms with Crippen LogP contribution in [0.4, 0.5) is 0 Å². The highest BCUT2D eigenvalue weighted by Crippen LogP contribution is 2.26. The molecule has 7 nitrogen and oxygen atoms in total. The Bertz CT molecular complexity index is 854. The number of aryl methyl sites for hydroxylation is 1. The maximum absolute atomic E-state index is 12.6. The van der Waals surface area contributed by atoms with Crippen LogP contribution in [0.1, 0.15) is 25.0 Å². The highest BCUT2D eigenvalue weighted by molar-refractivity contribution is 5.80. The Balaban J connectivity index is 1.43. The molecule has 136 valence electrons. The van der Waals surface area contributed by atoms with Crippen molar-refractivity contribution in [3.8, 4) is 5.88 Å². The summed E-state index contributed by atoms with van der Waals surface area (Å²) in [5.74, 6) is 0.918. The fourth-order valence-electron chi connectivity index (χ4n) is 3.89. The van der Waals surface area contributed by atoms with Crippen LogP contribution in [-0.2, 0) is 16.0 Å². The van der Waals surface area contributed by atoms with Crippen LogP contribution in [0.25, 0.3) is 11.0 Å². The van der Waals surface area contributed by atoms with Crippen LogP contribution in [0.3, 0.4) is 0 Å². The number of nitrogens with zero attached hydrogens (tertiary/aromatic N) is 3. The number of nitrogens with one attached hydrogen (secondary N) is 1.